The number of benzene rings is 1. The van der Waals surface area contributed by atoms with E-state index >= 15 is 0 Å². The van der Waals surface area contributed by atoms with Crippen LogP contribution in [0.5, 0.6) is 5.75 Å². The van der Waals surface area contributed by atoms with Crippen LogP contribution in [0.1, 0.15) is 0 Å². The van der Waals surface area contributed by atoms with Crippen LogP contribution in [0, 0.1) is 0 Å². The number of alkyl halides is 3. The van der Waals surface area contributed by atoms with Crippen LogP contribution in [-0.2, 0) is 10.1 Å². The van der Waals surface area contributed by atoms with Gasteiger partial charge in [0.2, 0.25) is 0 Å². The SMILES string of the molecule is O=S(=O)(O)c1ccccc1OC(F)(F)F.[Cl-]. The summed E-state index contributed by atoms with van der Waals surface area (Å²) >= 11 is 0. The summed E-state index contributed by atoms with van der Waals surface area (Å²) in [7, 11) is -4.73. The number of hydrogen-bond donors (Lipinski definition) is 1. The fourth-order valence-electron chi connectivity index (χ4n) is 0.872. The predicted octanol–water partition coefficient (Wildman–Crippen LogP) is -1.16. The normalized spacial score (nSPS) is 11.8. The van der Waals surface area contributed by atoms with Gasteiger partial charge in [-0.1, -0.05) is 12.1 Å². The Hall–Kier alpha value is -0.990. The molecule has 16 heavy (non-hydrogen) atoms. The van der Waals surface area contributed by atoms with E-state index in [-0.39, 0.29) is 12.4 Å². The van der Waals surface area contributed by atoms with Crippen LogP contribution in [-0.4, -0.2) is 19.3 Å². The van der Waals surface area contributed by atoms with Crippen molar-refractivity contribution in [2.45, 2.75) is 11.3 Å². The minimum Gasteiger partial charge on any atom is -1.00 e. The van der Waals surface area contributed by atoms with Crippen molar-refractivity contribution in [3.63, 3.8) is 0 Å². The zero-order valence-corrected chi connectivity index (χ0v) is 8.97. The molecule has 4 nitrogen and oxygen atoms in total. The summed E-state index contributed by atoms with van der Waals surface area (Å²) in [6, 6.07) is 3.90. The molecule has 0 spiro atoms. The Morgan fingerprint density at radius 2 is 1.69 bits per heavy atom. The molecule has 0 heterocycles. The van der Waals surface area contributed by atoms with Gasteiger partial charge in [-0.25, -0.2) is 0 Å². The zero-order valence-electron chi connectivity index (χ0n) is 7.40. The molecule has 0 aromatic heterocycles. The molecule has 0 unspecified atom stereocenters. The largest absolute Gasteiger partial charge is 1.00 e. The van der Waals surface area contributed by atoms with E-state index in [1.54, 1.807) is 0 Å². The second kappa shape index (κ2) is 4.89. The van der Waals surface area contributed by atoms with Gasteiger partial charge in [0.1, 0.15) is 4.90 Å². The topological polar surface area (TPSA) is 63.6 Å². The van der Waals surface area contributed by atoms with Crippen molar-refractivity contribution >= 4 is 10.1 Å². The first-order valence-electron chi connectivity index (χ1n) is 3.52. The summed E-state index contributed by atoms with van der Waals surface area (Å²) < 4.78 is 68.7. The predicted molar refractivity (Wildman–Crippen MR) is 42.9 cm³/mol. The Labute approximate surface area is 95.2 Å². The van der Waals surface area contributed by atoms with E-state index in [4.69, 9.17) is 4.55 Å². The van der Waals surface area contributed by atoms with Crippen molar-refractivity contribution < 1.29 is 43.3 Å². The molecule has 0 aliphatic rings. The van der Waals surface area contributed by atoms with Crippen LogP contribution < -0.4 is 17.1 Å². The van der Waals surface area contributed by atoms with Crippen molar-refractivity contribution in [1.29, 1.82) is 0 Å². The van der Waals surface area contributed by atoms with Gasteiger partial charge < -0.3 is 17.1 Å². The average Bonchev–Trinajstić information content (AvgIpc) is 1.99. The lowest BCUT2D eigenvalue weighted by Gasteiger charge is -2.10. The molecule has 0 bridgehead atoms. The lowest BCUT2D eigenvalue weighted by atomic mass is 10.3. The monoisotopic (exact) mass is 277 g/mol. The van der Waals surface area contributed by atoms with Gasteiger partial charge in [-0.2, -0.15) is 8.42 Å². The fraction of sp³-hybridized carbons (Fsp3) is 0.143. The van der Waals surface area contributed by atoms with Crippen LogP contribution >= 0.6 is 0 Å². The zero-order chi connectivity index (χ0) is 11.7. The van der Waals surface area contributed by atoms with E-state index in [1.165, 1.54) is 0 Å². The van der Waals surface area contributed by atoms with Crippen LogP contribution in [0.3, 0.4) is 0 Å². The average molecular weight is 278 g/mol. The van der Waals surface area contributed by atoms with Gasteiger partial charge >= 0.3 is 6.36 Å². The molecule has 0 radical (unpaired) electrons. The molecule has 1 aromatic rings. The summed E-state index contributed by atoms with van der Waals surface area (Å²) in [5.41, 5.74) is 0. The van der Waals surface area contributed by atoms with E-state index in [0.29, 0.717) is 0 Å². The van der Waals surface area contributed by atoms with Gasteiger partial charge in [-0.15, -0.1) is 13.2 Å². The molecule has 9 heteroatoms. The van der Waals surface area contributed by atoms with Crippen LogP contribution in [0.4, 0.5) is 13.2 Å². The lowest BCUT2D eigenvalue weighted by molar-refractivity contribution is -0.275. The fourth-order valence-corrected chi connectivity index (χ4v) is 1.49. The highest BCUT2D eigenvalue weighted by Crippen LogP contribution is 2.28. The Morgan fingerprint density at radius 1 is 1.19 bits per heavy atom. The molecule has 1 N–H and O–H groups in total. The number of halogens is 4. The van der Waals surface area contributed by atoms with Crippen LogP contribution in [0.15, 0.2) is 29.2 Å². The van der Waals surface area contributed by atoms with E-state index in [2.05, 4.69) is 4.74 Å². The minimum atomic E-state index is -5.01. The van der Waals surface area contributed by atoms with Crippen molar-refractivity contribution in [3.05, 3.63) is 24.3 Å². The van der Waals surface area contributed by atoms with Crippen molar-refractivity contribution in [2.75, 3.05) is 0 Å². The lowest BCUT2D eigenvalue weighted by Crippen LogP contribution is -3.00. The van der Waals surface area contributed by atoms with Gasteiger partial charge in [0.15, 0.2) is 5.75 Å². The second-order valence-electron chi connectivity index (χ2n) is 2.47. The van der Waals surface area contributed by atoms with Gasteiger partial charge in [0.05, 0.1) is 0 Å². The summed E-state index contributed by atoms with van der Waals surface area (Å²) in [6.45, 7) is 0. The highest BCUT2D eigenvalue weighted by molar-refractivity contribution is 7.86. The molecular weight excluding hydrogens is 273 g/mol. The van der Waals surface area contributed by atoms with Gasteiger partial charge in [-0.05, 0) is 12.1 Å². The molecule has 0 saturated carbocycles. The molecule has 92 valence electrons. The first kappa shape index (κ1) is 15.0. The van der Waals surface area contributed by atoms with E-state index in [1.807, 2.05) is 0 Å². The Balaban J connectivity index is 0.00000225. The molecule has 0 fully saturated rings. The van der Waals surface area contributed by atoms with Crippen molar-refractivity contribution in [1.82, 2.24) is 0 Å². The quantitative estimate of drug-likeness (QED) is 0.693. The summed E-state index contributed by atoms with van der Waals surface area (Å²) in [4.78, 5) is -0.928. The van der Waals surface area contributed by atoms with Crippen LogP contribution in [0.2, 0.25) is 0 Å². The van der Waals surface area contributed by atoms with E-state index in [0.717, 1.165) is 24.3 Å². The molecule has 1 aromatic carbocycles. The maximum Gasteiger partial charge on any atom is 0.573 e. The number of rotatable bonds is 2. The van der Waals surface area contributed by atoms with Crippen molar-refractivity contribution in [3.8, 4) is 5.75 Å². The molecule has 0 atom stereocenters. The molecular formula is C7H5ClF3O4S-. The third-order valence-corrected chi connectivity index (χ3v) is 2.25. The maximum atomic E-state index is 11.8. The summed E-state index contributed by atoms with van der Waals surface area (Å²) in [5, 5.41) is 0. The second-order valence-corrected chi connectivity index (χ2v) is 3.86. The first-order chi connectivity index (χ1) is 6.70. The minimum absolute atomic E-state index is 0. The first-order valence-corrected chi connectivity index (χ1v) is 4.96. The number of hydrogen-bond acceptors (Lipinski definition) is 3. The van der Waals surface area contributed by atoms with Gasteiger partial charge in [0, 0.05) is 0 Å². The Bertz CT molecular complexity index is 457. The van der Waals surface area contributed by atoms with Crippen molar-refractivity contribution in [2.24, 2.45) is 0 Å². The molecule has 0 aliphatic carbocycles. The van der Waals surface area contributed by atoms with Crippen LogP contribution in [0.25, 0.3) is 0 Å². The number of para-hydroxylation sites is 1. The number of ether oxygens (including phenoxy) is 1. The Morgan fingerprint density at radius 3 is 2.12 bits per heavy atom. The van der Waals surface area contributed by atoms with Gasteiger partial charge in [-0.3, -0.25) is 4.55 Å². The highest BCUT2D eigenvalue weighted by atomic mass is 35.5. The smallest absolute Gasteiger partial charge is 0.573 e. The molecule has 0 amide bonds. The molecule has 0 aliphatic heterocycles. The van der Waals surface area contributed by atoms with Gasteiger partial charge in [0.25, 0.3) is 10.1 Å². The summed E-state index contributed by atoms with van der Waals surface area (Å²) in [6.07, 6.45) is -5.01. The molecule has 0 saturated heterocycles. The van der Waals surface area contributed by atoms with E-state index < -0.39 is 27.1 Å². The summed E-state index contributed by atoms with van der Waals surface area (Å²) in [5.74, 6) is -0.965. The standard InChI is InChI=1S/C7H5F3O4S.ClH/c8-7(9,10)14-5-3-1-2-4-6(5)15(11,12)13;/h1-4H,(H,11,12,13);1H/p-1. The maximum absolute atomic E-state index is 11.8. The third kappa shape index (κ3) is 4.25. The third-order valence-electron chi connectivity index (χ3n) is 1.35. The van der Waals surface area contributed by atoms with E-state index in [9.17, 15) is 21.6 Å². The highest BCUT2D eigenvalue weighted by Gasteiger charge is 2.33. The molecule has 1 rings (SSSR count). The Kier molecular flexibility index (Phi) is 4.59.